The van der Waals surface area contributed by atoms with Crippen LogP contribution in [0.5, 0.6) is 0 Å². The number of nitrogens with zero attached hydrogens (tertiary/aromatic N) is 1. The average Bonchev–Trinajstić information content (AvgIpc) is 2.81. The highest BCUT2D eigenvalue weighted by Crippen LogP contribution is 2.35. The van der Waals surface area contributed by atoms with Gasteiger partial charge < -0.3 is 5.11 Å². The molecule has 1 aliphatic carbocycles. The van der Waals surface area contributed by atoms with E-state index in [1.807, 2.05) is 0 Å². The van der Waals surface area contributed by atoms with Crippen molar-refractivity contribution in [3.8, 4) is 0 Å². The van der Waals surface area contributed by atoms with Gasteiger partial charge in [-0.1, -0.05) is 13.8 Å². The van der Waals surface area contributed by atoms with Crippen molar-refractivity contribution in [2.45, 2.75) is 58.6 Å². The van der Waals surface area contributed by atoms with E-state index in [0.717, 1.165) is 24.9 Å². The lowest BCUT2D eigenvalue weighted by molar-refractivity contribution is -0.0442. The highest BCUT2D eigenvalue weighted by molar-refractivity contribution is 4.80. The van der Waals surface area contributed by atoms with Crippen LogP contribution in [-0.2, 0) is 0 Å². The second kappa shape index (κ2) is 5.50. The molecule has 2 aliphatic rings. The number of aliphatic hydroxyl groups is 1. The summed E-state index contributed by atoms with van der Waals surface area (Å²) in [6.07, 6.45) is 7.54. The normalized spacial score (nSPS) is 34.5. The average molecular weight is 225 g/mol. The van der Waals surface area contributed by atoms with E-state index < -0.39 is 0 Å². The smallest absolute Gasteiger partial charge is 0.110 e. The minimum Gasteiger partial charge on any atom is -0.378 e. The Bertz CT molecular complexity index is 203. The first-order chi connectivity index (χ1) is 7.68. The van der Waals surface area contributed by atoms with E-state index >= 15 is 0 Å². The molecule has 0 amide bonds. The fraction of sp³-hybridized carbons (Fsp3) is 1.00. The second-order valence-electron chi connectivity index (χ2n) is 6.08. The minimum absolute atomic E-state index is 0.143. The van der Waals surface area contributed by atoms with Gasteiger partial charge in [0.25, 0.3) is 0 Å². The Morgan fingerprint density at radius 1 is 0.938 bits per heavy atom. The highest BCUT2D eigenvalue weighted by atomic mass is 16.3. The lowest BCUT2D eigenvalue weighted by Gasteiger charge is -2.36. The topological polar surface area (TPSA) is 23.5 Å². The summed E-state index contributed by atoms with van der Waals surface area (Å²) in [5.74, 6) is 2.28. The first-order valence-electron chi connectivity index (χ1n) is 7.10. The van der Waals surface area contributed by atoms with E-state index in [0.29, 0.717) is 5.92 Å². The minimum atomic E-state index is -0.143. The molecule has 1 aliphatic heterocycles. The van der Waals surface area contributed by atoms with Crippen LogP contribution in [0.1, 0.15) is 52.4 Å². The predicted molar refractivity (Wildman–Crippen MR) is 67.1 cm³/mol. The standard InChI is InChI=1S/C14H27NO/c1-11(2)12-5-7-13(8-6-12)14(16)15-9-3-4-10-15/h11-14,16H,3-10H2,1-2H3. The molecule has 94 valence electrons. The zero-order valence-electron chi connectivity index (χ0n) is 10.9. The van der Waals surface area contributed by atoms with Crippen LogP contribution >= 0.6 is 0 Å². The second-order valence-corrected chi connectivity index (χ2v) is 6.08. The van der Waals surface area contributed by atoms with Crippen molar-refractivity contribution in [1.82, 2.24) is 4.90 Å². The summed E-state index contributed by atoms with van der Waals surface area (Å²) in [6, 6.07) is 0. The molecular formula is C14H27NO. The lowest BCUT2D eigenvalue weighted by atomic mass is 9.76. The van der Waals surface area contributed by atoms with Crippen molar-refractivity contribution in [2.75, 3.05) is 13.1 Å². The van der Waals surface area contributed by atoms with Crippen LogP contribution in [0.2, 0.25) is 0 Å². The molecule has 2 nitrogen and oxygen atoms in total. The third kappa shape index (κ3) is 2.78. The Hall–Kier alpha value is -0.0800. The van der Waals surface area contributed by atoms with Gasteiger partial charge in [0.1, 0.15) is 6.23 Å². The Morgan fingerprint density at radius 3 is 1.94 bits per heavy atom. The number of rotatable bonds is 3. The molecule has 1 N–H and O–H groups in total. The Balaban J connectivity index is 1.79. The summed E-state index contributed by atoms with van der Waals surface area (Å²) in [4.78, 5) is 2.29. The molecule has 0 spiro atoms. The highest BCUT2D eigenvalue weighted by Gasteiger charge is 2.31. The van der Waals surface area contributed by atoms with E-state index in [4.69, 9.17) is 0 Å². The first-order valence-corrected chi connectivity index (χ1v) is 7.10. The summed E-state index contributed by atoms with van der Waals surface area (Å²) in [7, 11) is 0. The van der Waals surface area contributed by atoms with Gasteiger partial charge in [-0.05, 0) is 56.3 Å². The summed E-state index contributed by atoms with van der Waals surface area (Å²) < 4.78 is 0. The Kier molecular flexibility index (Phi) is 4.26. The summed E-state index contributed by atoms with van der Waals surface area (Å²) >= 11 is 0. The van der Waals surface area contributed by atoms with Crippen LogP contribution in [0.4, 0.5) is 0 Å². The zero-order valence-corrected chi connectivity index (χ0v) is 10.9. The maximum Gasteiger partial charge on any atom is 0.110 e. The van der Waals surface area contributed by atoms with Crippen molar-refractivity contribution in [3.63, 3.8) is 0 Å². The largest absolute Gasteiger partial charge is 0.378 e. The van der Waals surface area contributed by atoms with Gasteiger partial charge in [0.05, 0.1) is 0 Å². The molecule has 1 heterocycles. The molecule has 0 aromatic rings. The van der Waals surface area contributed by atoms with Crippen LogP contribution < -0.4 is 0 Å². The summed E-state index contributed by atoms with van der Waals surface area (Å²) in [5.41, 5.74) is 0. The van der Waals surface area contributed by atoms with Gasteiger partial charge in [0.15, 0.2) is 0 Å². The zero-order chi connectivity index (χ0) is 11.5. The molecule has 16 heavy (non-hydrogen) atoms. The van der Waals surface area contributed by atoms with E-state index in [9.17, 15) is 5.11 Å². The molecule has 1 atom stereocenters. The molecule has 1 unspecified atom stereocenters. The molecule has 0 bridgehead atoms. The number of hydrogen-bond acceptors (Lipinski definition) is 2. The van der Waals surface area contributed by atoms with Crippen LogP contribution in [0.3, 0.4) is 0 Å². The quantitative estimate of drug-likeness (QED) is 0.798. The van der Waals surface area contributed by atoms with Gasteiger partial charge in [0.2, 0.25) is 0 Å². The monoisotopic (exact) mass is 225 g/mol. The number of aliphatic hydroxyl groups excluding tert-OH is 1. The predicted octanol–water partition coefficient (Wildman–Crippen LogP) is 2.86. The van der Waals surface area contributed by atoms with Gasteiger partial charge >= 0.3 is 0 Å². The fourth-order valence-corrected chi connectivity index (χ4v) is 3.41. The molecule has 2 heteroatoms. The van der Waals surface area contributed by atoms with E-state index in [2.05, 4.69) is 18.7 Å². The maximum atomic E-state index is 10.3. The van der Waals surface area contributed by atoms with E-state index in [1.165, 1.54) is 38.5 Å². The van der Waals surface area contributed by atoms with Gasteiger partial charge in [-0.15, -0.1) is 0 Å². The van der Waals surface area contributed by atoms with Crippen molar-refractivity contribution in [3.05, 3.63) is 0 Å². The molecule has 2 rings (SSSR count). The molecule has 1 saturated heterocycles. The third-order valence-electron chi connectivity index (χ3n) is 4.70. The van der Waals surface area contributed by atoms with Crippen LogP contribution in [0.15, 0.2) is 0 Å². The van der Waals surface area contributed by atoms with Crippen LogP contribution in [-0.4, -0.2) is 29.3 Å². The first kappa shape index (κ1) is 12.4. The van der Waals surface area contributed by atoms with Crippen LogP contribution in [0, 0.1) is 17.8 Å². The Morgan fingerprint density at radius 2 is 1.44 bits per heavy atom. The van der Waals surface area contributed by atoms with Crippen molar-refractivity contribution >= 4 is 0 Å². The molecular weight excluding hydrogens is 198 g/mol. The van der Waals surface area contributed by atoms with Crippen molar-refractivity contribution < 1.29 is 5.11 Å². The van der Waals surface area contributed by atoms with Crippen molar-refractivity contribution in [2.24, 2.45) is 17.8 Å². The Labute approximate surface area is 100 Å². The van der Waals surface area contributed by atoms with Crippen molar-refractivity contribution in [1.29, 1.82) is 0 Å². The lowest BCUT2D eigenvalue weighted by Crippen LogP contribution is -2.40. The summed E-state index contributed by atoms with van der Waals surface area (Å²) in [5, 5.41) is 10.3. The van der Waals surface area contributed by atoms with Gasteiger partial charge in [-0.25, -0.2) is 0 Å². The third-order valence-corrected chi connectivity index (χ3v) is 4.70. The fourth-order valence-electron chi connectivity index (χ4n) is 3.41. The SMILES string of the molecule is CC(C)C1CCC(C(O)N2CCCC2)CC1. The van der Waals surface area contributed by atoms with Gasteiger partial charge in [-0.3, -0.25) is 4.90 Å². The molecule has 0 aromatic carbocycles. The molecule has 2 fully saturated rings. The van der Waals surface area contributed by atoms with E-state index in [1.54, 1.807) is 0 Å². The van der Waals surface area contributed by atoms with E-state index in [-0.39, 0.29) is 6.23 Å². The molecule has 1 saturated carbocycles. The maximum absolute atomic E-state index is 10.3. The van der Waals surface area contributed by atoms with Gasteiger partial charge in [-0.2, -0.15) is 0 Å². The molecule has 0 radical (unpaired) electrons. The van der Waals surface area contributed by atoms with Gasteiger partial charge in [0, 0.05) is 13.1 Å². The molecule has 0 aromatic heterocycles. The summed E-state index contributed by atoms with van der Waals surface area (Å²) in [6.45, 7) is 6.90. The number of likely N-dealkylation sites (tertiary alicyclic amines) is 1. The van der Waals surface area contributed by atoms with Crippen LogP contribution in [0.25, 0.3) is 0 Å². The number of hydrogen-bond donors (Lipinski definition) is 1.